The molecule has 0 aromatic carbocycles. The zero-order valence-electron chi connectivity index (χ0n) is 5.74. The summed E-state index contributed by atoms with van der Waals surface area (Å²) in [5, 5.41) is 0. The van der Waals surface area contributed by atoms with Gasteiger partial charge in [-0.2, -0.15) is 8.78 Å². The van der Waals surface area contributed by atoms with Crippen LogP contribution in [0.4, 0.5) is 8.78 Å². The lowest BCUT2D eigenvalue weighted by atomic mass is 10.5. The van der Waals surface area contributed by atoms with Gasteiger partial charge in [-0.05, 0) is 12.1 Å². The highest BCUT2D eigenvalue weighted by Crippen LogP contribution is 2.22. The molecule has 0 N–H and O–H groups in total. The Labute approximate surface area is 68.0 Å². The molecule has 0 aliphatic heterocycles. The Balaban J connectivity index is 3.17. The third-order valence-electron chi connectivity index (χ3n) is 1.15. The van der Waals surface area contributed by atoms with E-state index in [0.29, 0.717) is 0 Å². The van der Waals surface area contributed by atoms with Crippen molar-refractivity contribution in [3.8, 4) is 0 Å². The van der Waals surface area contributed by atoms with Gasteiger partial charge in [0.25, 0.3) is 9.84 Å². The van der Waals surface area contributed by atoms with E-state index in [1.54, 1.807) is 0 Å². The van der Waals surface area contributed by atoms with Crippen LogP contribution in [0.2, 0.25) is 0 Å². The Morgan fingerprint density at radius 3 is 2.50 bits per heavy atom. The molecule has 1 rings (SSSR count). The van der Waals surface area contributed by atoms with Crippen LogP contribution in [0, 0.1) is 5.76 Å². The maximum atomic E-state index is 11.8. The van der Waals surface area contributed by atoms with Gasteiger partial charge < -0.3 is 0 Å². The van der Waals surface area contributed by atoms with Crippen molar-refractivity contribution >= 4 is 9.84 Å². The van der Waals surface area contributed by atoms with E-state index in [1.165, 1.54) is 12.3 Å². The van der Waals surface area contributed by atoms with Crippen molar-refractivity contribution in [2.45, 2.75) is 4.90 Å². The number of halogens is 2. The van der Waals surface area contributed by atoms with Crippen molar-refractivity contribution in [1.82, 2.24) is 4.98 Å². The minimum atomic E-state index is -4.56. The number of rotatable bonds is 2. The fourth-order valence-corrected chi connectivity index (χ4v) is 1.23. The van der Waals surface area contributed by atoms with Gasteiger partial charge in [0.2, 0.25) is 0 Å². The second kappa shape index (κ2) is 3.14. The van der Waals surface area contributed by atoms with Crippen LogP contribution in [0.15, 0.2) is 29.4 Å². The van der Waals surface area contributed by atoms with Crippen LogP contribution < -0.4 is 0 Å². The summed E-state index contributed by atoms with van der Waals surface area (Å²) >= 11 is 0. The van der Waals surface area contributed by atoms with E-state index in [-0.39, 0.29) is 0 Å². The lowest BCUT2D eigenvalue weighted by Gasteiger charge is -1.98. The number of sulfone groups is 1. The molecule has 0 atom stereocenters. The Hall–Kier alpha value is -1.04. The van der Waals surface area contributed by atoms with Gasteiger partial charge in [0.15, 0.2) is 0 Å². The summed E-state index contributed by atoms with van der Waals surface area (Å²) < 4.78 is 45.0. The predicted molar refractivity (Wildman–Crippen MR) is 36.9 cm³/mol. The molecule has 1 aromatic rings. The van der Waals surface area contributed by atoms with Gasteiger partial charge in [-0.15, -0.1) is 0 Å². The van der Waals surface area contributed by atoms with Crippen LogP contribution in [0.1, 0.15) is 0 Å². The number of hydrogen-bond donors (Lipinski definition) is 0. The molecule has 0 spiro atoms. The highest BCUT2D eigenvalue weighted by Gasteiger charge is 2.29. The number of pyridine rings is 1. The van der Waals surface area contributed by atoms with Crippen molar-refractivity contribution in [3.63, 3.8) is 0 Å². The predicted octanol–water partition coefficient (Wildman–Crippen LogP) is 1.24. The molecule has 0 fully saturated rings. The van der Waals surface area contributed by atoms with E-state index in [0.717, 1.165) is 12.3 Å². The molecule has 1 aromatic heterocycles. The van der Waals surface area contributed by atoms with Gasteiger partial charge in [0, 0.05) is 12.4 Å². The molecule has 0 unspecified atom stereocenters. The maximum Gasteiger partial charge on any atom is 0.426 e. The fraction of sp³-hybridized carbons (Fsp3) is 0. The molecule has 0 aliphatic rings. The van der Waals surface area contributed by atoms with E-state index in [4.69, 9.17) is 0 Å². The SMILES string of the molecule is O=S(=O)([C](F)F)c1cccnc1. The van der Waals surface area contributed by atoms with E-state index in [2.05, 4.69) is 4.98 Å². The lowest BCUT2D eigenvalue weighted by molar-refractivity contribution is 0.353. The monoisotopic (exact) mass is 192 g/mol. The molecule has 12 heavy (non-hydrogen) atoms. The van der Waals surface area contributed by atoms with Gasteiger partial charge >= 0.3 is 5.76 Å². The third-order valence-corrected chi connectivity index (χ3v) is 2.42. The summed E-state index contributed by atoms with van der Waals surface area (Å²) in [4.78, 5) is 2.91. The van der Waals surface area contributed by atoms with Gasteiger partial charge in [0.1, 0.15) is 0 Å². The zero-order valence-corrected chi connectivity index (χ0v) is 6.55. The van der Waals surface area contributed by atoms with Crippen LogP contribution in [-0.4, -0.2) is 13.4 Å². The normalized spacial score (nSPS) is 11.9. The van der Waals surface area contributed by atoms with Crippen molar-refractivity contribution in [1.29, 1.82) is 0 Å². The Morgan fingerprint density at radius 1 is 1.42 bits per heavy atom. The minimum Gasteiger partial charge on any atom is -0.263 e. The average Bonchev–Trinajstić information content (AvgIpc) is 2.06. The van der Waals surface area contributed by atoms with Crippen LogP contribution in [-0.2, 0) is 9.84 Å². The second-order valence-corrected chi connectivity index (χ2v) is 3.70. The highest BCUT2D eigenvalue weighted by atomic mass is 32.2. The van der Waals surface area contributed by atoms with Crippen molar-refractivity contribution < 1.29 is 17.2 Å². The highest BCUT2D eigenvalue weighted by molar-refractivity contribution is 7.93. The minimum absolute atomic E-state index is 0.495. The molecular formula is C6H4F2NO2S. The molecule has 0 bridgehead atoms. The van der Waals surface area contributed by atoms with E-state index >= 15 is 0 Å². The summed E-state index contributed by atoms with van der Waals surface area (Å²) in [7, 11) is -4.56. The fourth-order valence-electron chi connectivity index (χ4n) is 0.595. The molecule has 0 amide bonds. The molecule has 1 heterocycles. The van der Waals surface area contributed by atoms with Gasteiger partial charge in [-0.3, -0.25) is 4.98 Å². The lowest BCUT2D eigenvalue weighted by Crippen LogP contribution is -2.04. The molecule has 3 nitrogen and oxygen atoms in total. The molecule has 6 heteroatoms. The quantitative estimate of drug-likeness (QED) is 0.708. The van der Waals surface area contributed by atoms with Crippen LogP contribution in [0.3, 0.4) is 0 Å². The summed E-state index contributed by atoms with van der Waals surface area (Å²) in [6, 6.07) is 2.33. The molecule has 0 saturated carbocycles. The van der Waals surface area contributed by atoms with Gasteiger partial charge in [-0.25, -0.2) is 8.42 Å². The first-order valence-corrected chi connectivity index (χ1v) is 4.36. The number of nitrogens with zero attached hydrogens (tertiary/aromatic N) is 1. The first-order chi connectivity index (χ1) is 5.55. The smallest absolute Gasteiger partial charge is 0.263 e. The van der Waals surface area contributed by atoms with Gasteiger partial charge in [0.05, 0.1) is 4.90 Å². The van der Waals surface area contributed by atoms with Crippen molar-refractivity contribution in [2.24, 2.45) is 0 Å². The zero-order chi connectivity index (χ0) is 9.19. The standard InChI is InChI=1S/C6H4F2NO2S/c7-6(8)12(10,11)5-2-1-3-9-4-5/h1-4H. The topological polar surface area (TPSA) is 47.0 Å². The Kier molecular flexibility index (Phi) is 2.37. The van der Waals surface area contributed by atoms with Gasteiger partial charge in [-0.1, -0.05) is 0 Å². The molecule has 0 aliphatic carbocycles. The Bertz CT molecular complexity index is 349. The molecule has 0 saturated heterocycles. The summed E-state index contributed by atoms with van der Waals surface area (Å²) in [5.41, 5.74) is 0. The summed E-state index contributed by atoms with van der Waals surface area (Å²) in [6.07, 6.45) is 2.17. The van der Waals surface area contributed by atoms with Crippen molar-refractivity contribution in [3.05, 3.63) is 30.3 Å². The maximum absolute atomic E-state index is 11.8. The van der Waals surface area contributed by atoms with Crippen LogP contribution in [0.5, 0.6) is 0 Å². The largest absolute Gasteiger partial charge is 0.426 e. The van der Waals surface area contributed by atoms with E-state index < -0.39 is 20.5 Å². The van der Waals surface area contributed by atoms with Crippen LogP contribution >= 0.6 is 0 Å². The molecule has 65 valence electrons. The van der Waals surface area contributed by atoms with Crippen LogP contribution in [0.25, 0.3) is 0 Å². The Morgan fingerprint density at radius 2 is 2.08 bits per heavy atom. The number of hydrogen-bond acceptors (Lipinski definition) is 3. The number of aromatic nitrogens is 1. The first kappa shape index (κ1) is 9.05. The molecular weight excluding hydrogens is 188 g/mol. The molecule has 1 radical (unpaired) electrons. The summed E-state index contributed by atoms with van der Waals surface area (Å²) in [5.74, 6) is -2.62. The van der Waals surface area contributed by atoms with Crippen molar-refractivity contribution in [2.75, 3.05) is 0 Å². The first-order valence-electron chi connectivity index (χ1n) is 2.88. The average molecular weight is 192 g/mol. The van der Waals surface area contributed by atoms with E-state index in [9.17, 15) is 17.2 Å². The third kappa shape index (κ3) is 1.58. The second-order valence-electron chi connectivity index (χ2n) is 1.92. The summed E-state index contributed by atoms with van der Waals surface area (Å²) in [6.45, 7) is 0. The van der Waals surface area contributed by atoms with E-state index in [1.807, 2.05) is 0 Å².